The summed E-state index contributed by atoms with van der Waals surface area (Å²) in [5.74, 6) is 1.47. The molecule has 0 saturated heterocycles. The highest BCUT2D eigenvalue weighted by molar-refractivity contribution is 7.13. The number of nitrogen functional groups attached to an aromatic ring is 1. The molecule has 17 heavy (non-hydrogen) atoms. The number of nitrogens with zero attached hydrogens (tertiary/aromatic N) is 2. The van der Waals surface area contributed by atoms with E-state index < -0.39 is 0 Å². The van der Waals surface area contributed by atoms with Crippen LogP contribution in [0.3, 0.4) is 0 Å². The van der Waals surface area contributed by atoms with E-state index in [1.165, 1.54) is 30.5 Å². The highest BCUT2D eigenvalue weighted by atomic mass is 32.1. The van der Waals surface area contributed by atoms with Crippen molar-refractivity contribution < 1.29 is 0 Å². The first-order valence-electron chi connectivity index (χ1n) is 6.04. The summed E-state index contributed by atoms with van der Waals surface area (Å²) in [5.41, 5.74) is 8.42. The Labute approximate surface area is 105 Å². The Hall–Kier alpha value is -1.42. The molecule has 2 heterocycles. The molecule has 0 amide bonds. The summed E-state index contributed by atoms with van der Waals surface area (Å²) in [7, 11) is 0. The van der Waals surface area contributed by atoms with Gasteiger partial charge in [0.05, 0.1) is 4.88 Å². The van der Waals surface area contributed by atoms with Gasteiger partial charge in [0.1, 0.15) is 5.82 Å². The third kappa shape index (κ3) is 2.05. The van der Waals surface area contributed by atoms with E-state index >= 15 is 0 Å². The maximum Gasteiger partial charge on any atom is 0.171 e. The van der Waals surface area contributed by atoms with Crippen LogP contribution in [0.2, 0.25) is 0 Å². The zero-order valence-corrected chi connectivity index (χ0v) is 10.5. The molecule has 1 aliphatic rings. The number of thiophene rings is 1. The van der Waals surface area contributed by atoms with Crippen LogP contribution in [0.4, 0.5) is 5.82 Å². The molecule has 4 heteroatoms. The first-order chi connectivity index (χ1) is 8.34. The SMILES string of the molecule is Nc1nc(-c2cccs2)nc2c1CCCCC2. The van der Waals surface area contributed by atoms with Crippen molar-refractivity contribution in [3.05, 3.63) is 28.8 Å². The van der Waals surface area contributed by atoms with Gasteiger partial charge in [-0.3, -0.25) is 0 Å². The standard InChI is InChI=1S/C13H15N3S/c14-12-9-5-2-1-3-6-10(9)15-13(16-12)11-7-4-8-17-11/h4,7-8H,1-3,5-6H2,(H2,14,15,16). The number of aryl methyl sites for hydroxylation is 1. The van der Waals surface area contributed by atoms with Gasteiger partial charge in [-0.05, 0) is 37.1 Å². The van der Waals surface area contributed by atoms with Gasteiger partial charge in [0.2, 0.25) is 0 Å². The largest absolute Gasteiger partial charge is 0.383 e. The van der Waals surface area contributed by atoms with Crippen molar-refractivity contribution in [1.29, 1.82) is 0 Å². The third-order valence-corrected chi connectivity index (χ3v) is 4.07. The first-order valence-corrected chi connectivity index (χ1v) is 6.92. The highest BCUT2D eigenvalue weighted by Gasteiger charge is 2.15. The average Bonchev–Trinajstić information content (AvgIpc) is 2.75. The van der Waals surface area contributed by atoms with Crippen molar-refractivity contribution in [2.24, 2.45) is 0 Å². The smallest absolute Gasteiger partial charge is 0.171 e. The van der Waals surface area contributed by atoms with Crippen molar-refractivity contribution in [2.45, 2.75) is 32.1 Å². The minimum atomic E-state index is 0.681. The fourth-order valence-electron chi connectivity index (χ4n) is 2.32. The summed E-state index contributed by atoms with van der Waals surface area (Å²) in [4.78, 5) is 10.2. The number of rotatable bonds is 1. The summed E-state index contributed by atoms with van der Waals surface area (Å²) in [6.07, 6.45) is 5.77. The maximum atomic E-state index is 6.07. The second-order valence-electron chi connectivity index (χ2n) is 4.40. The Morgan fingerprint density at radius 2 is 2.00 bits per heavy atom. The van der Waals surface area contributed by atoms with Crippen LogP contribution < -0.4 is 5.73 Å². The average molecular weight is 245 g/mol. The van der Waals surface area contributed by atoms with Crippen LogP contribution in [0.1, 0.15) is 30.5 Å². The molecule has 2 N–H and O–H groups in total. The van der Waals surface area contributed by atoms with Gasteiger partial charge in [-0.15, -0.1) is 11.3 Å². The van der Waals surface area contributed by atoms with E-state index in [9.17, 15) is 0 Å². The first kappa shape index (κ1) is 10.7. The lowest BCUT2D eigenvalue weighted by Crippen LogP contribution is -2.06. The summed E-state index contributed by atoms with van der Waals surface area (Å²) in [6, 6.07) is 4.06. The lowest BCUT2D eigenvalue weighted by atomic mass is 10.1. The monoisotopic (exact) mass is 245 g/mol. The number of anilines is 1. The maximum absolute atomic E-state index is 6.07. The molecule has 0 saturated carbocycles. The fourth-order valence-corrected chi connectivity index (χ4v) is 2.97. The molecular weight excluding hydrogens is 230 g/mol. The molecule has 1 aliphatic carbocycles. The van der Waals surface area contributed by atoms with E-state index in [0.29, 0.717) is 5.82 Å². The van der Waals surface area contributed by atoms with E-state index in [1.807, 2.05) is 17.5 Å². The van der Waals surface area contributed by atoms with Crippen molar-refractivity contribution in [3.8, 4) is 10.7 Å². The predicted molar refractivity (Wildman–Crippen MR) is 71.0 cm³/mol. The van der Waals surface area contributed by atoms with Gasteiger partial charge >= 0.3 is 0 Å². The summed E-state index contributed by atoms with van der Waals surface area (Å²) < 4.78 is 0. The minimum absolute atomic E-state index is 0.681. The molecule has 2 aromatic rings. The second-order valence-corrected chi connectivity index (χ2v) is 5.34. The molecule has 0 spiro atoms. The van der Waals surface area contributed by atoms with Crippen molar-refractivity contribution in [2.75, 3.05) is 5.73 Å². The van der Waals surface area contributed by atoms with Gasteiger partial charge in [-0.25, -0.2) is 9.97 Å². The Morgan fingerprint density at radius 1 is 1.12 bits per heavy atom. The summed E-state index contributed by atoms with van der Waals surface area (Å²) in [5, 5.41) is 2.04. The highest BCUT2D eigenvalue weighted by Crippen LogP contribution is 2.28. The van der Waals surface area contributed by atoms with E-state index in [1.54, 1.807) is 11.3 Å². The van der Waals surface area contributed by atoms with E-state index in [4.69, 9.17) is 10.7 Å². The molecule has 88 valence electrons. The zero-order chi connectivity index (χ0) is 11.7. The predicted octanol–water partition coefficient (Wildman–Crippen LogP) is 3.06. The van der Waals surface area contributed by atoms with Gasteiger partial charge in [0, 0.05) is 11.3 Å². The van der Waals surface area contributed by atoms with Gasteiger partial charge in [0.15, 0.2) is 5.82 Å². The molecule has 3 nitrogen and oxygen atoms in total. The van der Waals surface area contributed by atoms with Crippen LogP contribution in [0.25, 0.3) is 10.7 Å². The fraction of sp³-hybridized carbons (Fsp3) is 0.385. The van der Waals surface area contributed by atoms with Crippen LogP contribution >= 0.6 is 11.3 Å². The molecule has 2 aromatic heterocycles. The lowest BCUT2D eigenvalue weighted by Gasteiger charge is -2.09. The Bertz CT molecular complexity index is 520. The zero-order valence-electron chi connectivity index (χ0n) is 9.65. The molecular formula is C13H15N3S. The second kappa shape index (κ2) is 4.45. The van der Waals surface area contributed by atoms with Gasteiger partial charge in [-0.1, -0.05) is 12.5 Å². The van der Waals surface area contributed by atoms with Gasteiger partial charge < -0.3 is 5.73 Å². The van der Waals surface area contributed by atoms with Crippen LogP contribution in [-0.4, -0.2) is 9.97 Å². The van der Waals surface area contributed by atoms with Crippen LogP contribution in [-0.2, 0) is 12.8 Å². The number of fused-ring (bicyclic) bond motifs is 1. The normalized spacial score (nSPS) is 15.3. The molecule has 0 bridgehead atoms. The van der Waals surface area contributed by atoms with Crippen molar-refractivity contribution >= 4 is 17.2 Å². The third-order valence-electron chi connectivity index (χ3n) is 3.21. The molecule has 0 unspecified atom stereocenters. The topological polar surface area (TPSA) is 51.8 Å². The van der Waals surface area contributed by atoms with Crippen LogP contribution in [0.5, 0.6) is 0 Å². The molecule has 3 rings (SSSR count). The Morgan fingerprint density at radius 3 is 2.82 bits per heavy atom. The van der Waals surface area contributed by atoms with Crippen LogP contribution in [0, 0.1) is 0 Å². The number of hydrogen-bond acceptors (Lipinski definition) is 4. The number of hydrogen-bond donors (Lipinski definition) is 1. The Balaban J connectivity index is 2.09. The minimum Gasteiger partial charge on any atom is -0.383 e. The van der Waals surface area contributed by atoms with E-state index in [0.717, 1.165) is 23.5 Å². The van der Waals surface area contributed by atoms with E-state index in [2.05, 4.69) is 4.98 Å². The van der Waals surface area contributed by atoms with Gasteiger partial charge in [-0.2, -0.15) is 0 Å². The Kier molecular flexibility index (Phi) is 2.81. The van der Waals surface area contributed by atoms with Crippen molar-refractivity contribution in [3.63, 3.8) is 0 Å². The van der Waals surface area contributed by atoms with Crippen LogP contribution in [0.15, 0.2) is 17.5 Å². The molecule has 0 aliphatic heterocycles. The number of aromatic nitrogens is 2. The number of nitrogens with two attached hydrogens (primary N) is 1. The summed E-state index contributed by atoms with van der Waals surface area (Å²) >= 11 is 1.66. The molecule has 0 radical (unpaired) electrons. The van der Waals surface area contributed by atoms with E-state index in [-0.39, 0.29) is 0 Å². The molecule has 0 fully saturated rings. The molecule has 0 atom stereocenters. The summed E-state index contributed by atoms with van der Waals surface area (Å²) in [6.45, 7) is 0. The van der Waals surface area contributed by atoms with Crippen molar-refractivity contribution in [1.82, 2.24) is 9.97 Å². The van der Waals surface area contributed by atoms with Gasteiger partial charge in [0.25, 0.3) is 0 Å². The quantitative estimate of drug-likeness (QED) is 0.786. The lowest BCUT2D eigenvalue weighted by molar-refractivity contribution is 0.709. The molecule has 0 aromatic carbocycles.